The topological polar surface area (TPSA) is 123 Å². The van der Waals surface area contributed by atoms with Crippen LogP contribution >= 0.6 is 0 Å². The molecule has 2 amide bonds. The molecule has 3 rings (SSSR count). The lowest BCUT2D eigenvalue weighted by Crippen LogP contribution is -2.53. The predicted molar refractivity (Wildman–Crippen MR) is 106 cm³/mol. The first-order chi connectivity index (χ1) is 13.8. The number of amides is 2. The lowest BCUT2D eigenvalue weighted by molar-refractivity contribution is -0.121. The van der Waals surface area contributed by atoms with E-state index in [1.54, 1.807) is 6.92 Å². The SMILES string of the molecule is CC[C@@](C)(NC(=O)O)C(=O)Nc1cnc(Oc2cccc3c2C(C)CCO3)nc1. The number of hydrogen-bond donors (Lipinski definition) is 3. The van der Waals surface area contributed by atoms with Gasteiger partial charge < -0.3 is 25.2 Å². The van der Waals surface area contributed by atoms with E-state index in [1.807, 2.05) is 18.2 Å². The zero-order chi connectivity index (χ0) is 21.0. The van der Waals surface area contributed by atoms with Gasteiger partial charge in [0.2, 0.25) is 5.91 Å². The van der Waals surface area contributed by atoms with Gasteiger partial charge in [-0.2, -0.15) is 0 Å². The monoisotopic (exact) mass is 400 g/mol. The lowest BCUT2D eigenvalue weighted by Gasteiger charge is -2.26. The molecule has 154 valence electrons. The molecule has 1 unspecified atom stereocenters. The van der Waals surface area contributed by atoms with Crippen LogP contribution in [-0.4, -0.2) is 39.2 Å². The molecule has 9 heteroatoms. The maximum atomic E-state index is 12.4. The van der Waals surface area contributed by atoms with Crippen molar-refractivity contribution in [3.05, 3.63) is 36.2 Å². The third-order valence-electron chi connectivity index (χ3n) is 5.01. The molecule has 3 N–H and O–H groups in total. The van der Waals surface area contributed by atoms with Gasteiger partial charge in [0, 0.05) is 5.56 Å². The minimum atomic E-state index is -1.27. The molecule has 0 aliphatic carbocycles. The summed E-state index contributed by atoms with van der Waals surface area (Å²) in [6.45, 7) is 6.02. The summed E-state index contributed by atoms with van der Waals surface area (Å²) in [6.07, 6.45) is 2.74. The van der Waals surface area contributed by atoms with E-state index in [-0.39, 0.29) is 12.4 Å². The molecule has 1 aromatic heterocycles. The second-order valence-corrected chi connectivity index (χ2v) is 7.13. The first kappa shape index (κ1) is 20.4. The van der Waals surface area contributed by atoms with Crippen molar-refractivity contribution in [3.8, 4) is 17.5 Å². The van der Waals surface area contributed by atoms with Crippen LogP contribution in [0.1, 0.15) is 45.1 Å². The molecular formula is C20H24N4O5. The third kappa shape index (κ3) is 4.56. The van der Waals surface area contributed by atoms with Crippen LogP contribution in [0.2, 0.25) is 0 Å². The molecule has 2 aromatic rings. The summed E-state index contributed by atoms with van der Waals surface area (Å²) in [6, 6.07) is 5.73. The van der Waals surface area contributed by atoms with E-state index in [0.717, 1.165) is 17.7 Å². The third-order valence-corrected chi connectivity index (χ3v) is 5.01. The number of carbonyl (C=O) groups excluding carboxylic acids is 1. The van der Waals surface area contributed by atoms with E-state index in [4.69, 9.17) is 14.6 Å². The van der Waals surface area contributed by atoms with Gasteiger partial charge in [0.25, 0.3) is 0 Å². The molecule has 0 bridgehead atoms. The molecule has 1 aliphatic heterocycles. The van der Waals surface area contributed by atoms with Crippen LogP contribution in [0.25, 0.3) is 0 Å². The first-order valence-corrected chi connectivity index (χ1v) is 9.40. The van der Waals surface area contributed by atoms with Crippen LogP contribution < -0.4 is 20.1 Å². The standard InChI is InChI=1S/C20H24N4O5/c1-4-20(3,24-19(26)27)17(25)23-13-10-21-18(22-11-13)29-15-7-5-6-14-16(15)12(2)8-9-28-14/h5-7,10-12,24H,4,8-9H2,1-3H3,(H,23,25)(H,26,27)/t12?,20-/m1/s1. The summed E-state index contributed by atoms with van der Waals surface area (Å²) in [7, 11) is 0. The van der Waals surface area contributed by atoms with E-state index in [0.29, 0.717) is 24.0 Å². The molecule has 29 heavy (non-hydrogen) atoms. The number of fused-ring (bicyclic) bond motifs is 1. The quantitative estimate of drug-likeness (QED) is 0.678. The second kappa shape index (κ2) is 8.34. The van der Waals surface area contributed by atoms with Gasteiger partial charge in [0.1, 0.15) is 17.0 Å². The highest BCUT2D eigenvalue weighted by molar-refractivity contribution is 5.99. The molecule has 1 aromatic carbocycles. The Hall–Kier alpha value is -3.36. The fraction of sp³-hybridized carbons (Fsp3) is 0.400. The first-order valence-electron chi connectivity index (χ1n) is 9.40. The Morgan fingerprint density at radius 3 is 2.72 bits per heavy atom. The molecule has 2 atom stereocenters. The van der Waals surface area contributed by atoms with Crippen LogP contribution in [0.15, 0.2) is 30.6 Å². The highest BCUT2D eigenvalue weighted by atomic mass is 16.5. The number of nitrogens with zero attached hydrogens (tertiary/aromatic N) is 2. The number of hydrogen-bond acceptors (Lipinski definition) is 6. The molecule has 9 nitrogen and oxygen atoms in total. The smallest absolute Gasteiger partial charge is 0.405 e. The fourth-order valence-electron chi connectivity index (χ4n) is 3.06. The summed E-state index contributed by atoms with van der Waals surface area (Å²) in [5.74, 6) is 1.23. The number of carbonyl (C=O) groups is 2. The number of rotatable bonds is 6. The van der Waals surface area contributed by atoms with Crippen molar-refractivity contribution in [2.24, 2.45) is 0 Å². The molecule has 0 fully saturated rings. The number of benzene rings is 1. The highest BCUT2D eigenvalue weighted by Gasteiger charge is 2.33. The zero-order valence-electron chi connectivity index (χ0n) is 16.6. The van der Waals surface area contributed by atoms with Gasteiger partial charge in [-0.3, -0.25) is 4.79 Å². The maximum Gasteiger partial charge on any atom is 0.405 e. The summed E-state index contributed by atoms with van der Waals surface area (Å²) in [5, 5.41) is 13.8. The van der Waals surface area contributed by atoms with Crippen molar-refractivity contribution in [1.29, 1.82) is 0 Å². The van der Waals surface area contributed by atoms with Gasteiger partial charge in [-0.25, -0.2) is 14.8 Å². The molecule has 0 radical (unpaired) electrons. The maximum absolute atomic E-state index is 12.4. The van der Waals surface area contributed by atoms with Gasteiger partial charge in [-0.05, 0) is 37.8 Å². The van der Waals surface area contributed by atoms with Gasteiger partial charge in [0.05, 0.1) is 24.7 Å². The molecular weight excluding hydrogens is 376 g/mol. The molecule has 2 heterocycles. The Labute approximate surface area is 168 Å². The Morgan fingerprint density at radius 1 is 1.34 bits per heavy atom. The summed E-state index contributed by atoms with van der Waals surface area (Å²) in [5.41, 5.74) is 0.0551. The van der Waals surface area contributed by atoms with Crippen molar-refractivity contribution in [1.82, 2.24) is 15.3 Å². The van der Waals surface area contributed by atoms with E-state index in [1.165, 1.54) is 19.3 Å². The highest BCUT2D eigenvalue weighted by Crippen LogP contribution is 2.40. The van der Waals surface area contributed by atoms with Crippen LogP contribution in [0, 0.1) is 0 Å². The van der Waals surface area contributed by atoms with Crippen molar-refractivity contribution < 1.29 is 24.2 Å². The predicted octanol–water partition coefficient (Wildman–Crippen LogP) is 3.53. The number of carboxylic acid groups (broad SMARTS) is 1. The van der Waals surface area contributed by atoms with Crippen molar-refractivity contribution in [2.45, 2.75) is 45.1 Å². The van der Waals surface area contributed by atoms with Crippen LogP contribution in [0.3, 0.4) is 0 Å². The largest absolute Gasteiger partial charge is 0.493 e. The summed E-state index contributed by atoms with van der Waals surface area (Å²) < 4.78 is 11.5. The lowest BCUT2D eigenvalue weighted by atomic mass is 9.94. The molecule has 0 saturated carbocycles. The van der Waals surface area contributed by atoms with Gasteiger partial charge in [-0.1, -0.05) is 19.9 Å². The van der Waals surface area contributed by atoms with Crippen molar-refractivity contribution in [2.75, 3.05) is 11.9 Å². The van der Waals surface area contributed by atoms with Crippen LogP contribution in [0.4, 0.5) is 10.5 Å². The van der Waals surface area contributed by atoms with Gasteiger partial charge >= 0.3 is 12.1 Å². The van der Waals surface area contributed by atoms with Gasteiger partial charge in [-0.15, -0.1) is 0 Å². The second-order valence-electron chi connectivity index (χ2n) is 7.13. The average Bonchev–Trinajstić information content (AvgIpc) is 2.69. The Balaban J connectivity index is 1.72. The minimum absolute atomic E-state index is 0.135. The number of nitrogens with one attached hydrogen (secondary N) is 2. The zero-order valence-corrected chi connectivity index (χ0v) is 16.6. The van der Waals surface area contributed by atoms with Crippen LogP contribution in [0.5, 0.6) is 17.5 Å². The minimum Gasteiger partial charge on any atom is -0.493 e. The van der Waals surface area contributed by atoms with E-state index in [2.05, 4.69) is 27.5 Å². The Bertz CT molecular complexity index is 902. The van der Waals surface area contributed by atoms with E-state index >= 15 is 0 Å². The Morgan fingerprint density at radius 2 is 2.07 bits per heavy atom. The van der Waals surface area contributed by atoms with E-state index in [9.17, 15) is 9.59 Å². The van der Waals surface area contributed by atoms with Crippen LogP contribution in [-0.2, 0) is 4.79 Å². The number of aromatic nitrogens is 2. The average molecular weight is 400 g/mol. The Kier molecular flexibility index (Phi) is 5.86. The molecule has 0 saturated heterocycles. The summed E-state index contributed by atoms with van der Waals surface area (Å²) in [4.78, 5) is 31.7. The van der Waals surface area contributed by atoms with E-state index < -0.39 is 17.5 Å². The van der Waals surface area contributed by atoms with Gasteiger partial charge in [0.15, 0.2) is 0 Å². The number of anilines is 1. The molecule has 0 spiro atoms. The number of ether oxygens (including phenoxy) is 2. The van der Waals surface area contributed by atoms with Crippen molar-refractivity contribution >= 4 is 17.7 Å². The normalized spacial score (nSPS) is 17.3. The molecule has 1 aliphatic rings. The fourth-order valence-corrected chi connectivity index (χ4v) is 3.06. The summed E-state index contributed by atoms with van der Waals surface area (Å²) >= 11 is 0. The van der Waals surface area contributed by atoms with Crippen molar-refractivity contribution in [3.63, 3.8) is 0 Å².